The van der Waals surface area contributed by atoms with E-state index >= 15 is 0 Å². The van der Waals surface area contributed by atoms with E-state index in [4.69, 9.17) is 0 Å². The molecule has 5 heteroatoms. The van der Waals surface area contributed by atoms with Crippen molar-refractivity contribution in [1.29, 1.82) is 0 Å². The fraction of sp³-hybridized carbons (Fsp3) is 0.500. The summed E-state index contributed by atoms with van der Waals surface area (Å²) in [6.07, 6.45) is 2.37. The Morgan fingerprint density at radius 3 is 2.41 bits per heavy atom. The minimum absolute atomic E-state index is 0.169. The normalized spacial score (nSPS) is 17.2. The molecule has 1 aromatic rings. The van der Waals surface area contributed by atoms with Crippen LogP contribution in [0.5, 0.6) is 0 Å². The molecule has 0 atom stereocenters. The molecule has 1 aliphatic rings. The van der Waals surface area contributed by atoms with Crippen molar-refractivity contribution in [2.45, 2.75) is 12.8 Å². The molecule has 0 spiro atoms. The van der Waals surface area contributed by atoms with Gasteiger partial charge in [0.1, 0.15) is 0 Å². The van der Waals surface area contributed by atoms with Crippen LogP contribution in [0.15, 0.2) is 30.3 Å². The van der Waals surface area contributed by atoms with E-state index in [1.165, 1.54) is 12.8 Å². The van der Waals surface area contributed by atoms with Crippen molar-refractivity contribution in [3.63, 3.8) is 0 Å². The number of nitrogens with zero attached hydrogens (tertiary/aromatic N) is 1. The summed E-state index contributed by atoms with van der Waals surface area (Å²) < 4.78 is 26.2. The van der Waals surface area contributed by atoms with Crippen molar-refractivity contribution in [2.75, 3.05) is 30.1 Å². The molecule has 0 aromatic heterocycles. The standard InChI is InChI=1S/C12H18N2O2S/c15-17(16,11-10-14-8-4-5-9-14)13-12-6-2-1-3-7-12/h1-3,6-7,13H,4-5,8-11H2. The van der Waals surface area contributed by atoms with Gasteiger partial charge in [-0.3, -0.25) is 4.72 Å². The Bertz CT molecular complexity index is 439. The lowest BCUT2D eigenvalue weighted by Crippen LogP contribution is -2.29. The zero-order valence-corrected chi connectivity index (χ0v) is 10.6. The quantitative estimate of drug-likeness (QED) is 0.867. The summed E-state index contributed by atoms with van der Waals surface area (Å²) in [6, 6.07) is 9.01. The summed E-state index contributed by atoms with van der Waals surface area (Å²) in [5.41, 5.74) is 0.633. The number of nitrogens with one attached hydrogen (secondary N) is 1. The van der Waals surface area contributed by atoms with Crippen molar-refractivity contribution >= 4 is 15.7 Å². The van der Waals surface area contributed by atoms with Gasteiger partial charge in [-0.1, -0.05) is 18.2 Å². The first-order valence-electron chi connectivity index (χ1n) is 5.94. The number of hydrogen-bond acceptors (Lipinski definition) is 3. The SMILES string of the molecule is O=S(=O)(CCN1CCCC1)Nc1ccccc1. The molecule has 0 amide bonds. The van der Waals surface area contributed by atoms with Crippen molar-refractivity contribution in [2.24, 2.45) is 0 Å². The van der Waals surface area contributed by atoms with Gasteiger partial charge in [0.15, 0.2) is 0 Å². The maximum absolute atomic E-state index is 11.8. The highest BCUT2D eigenvalue weighted by molar-refractivity contribution is 7.92. The van der Waals surface area contributed by atoms with Gasteiger partial charge in [-0.15, -0.1) is 0 Å². The third-order valence-corrected chi connectivity index (χ3v) is 4.19. The van der Waals surface area contributed by atoms with Crippen molar-refractivity contribution in [3.05, 3.63) is 30.3 Å². The van der Waals surface area contributed by atoms with Crippen molar-refractivity contribution in [3.8, 4) is 0 Å². The second-order valence-electron chi connectivity index (χ2n) is 4.34. The summed E-state index contributed by atoms with van der Waals surface area (Å²) in [4.78, 5) is 2.20. The fourth-order valence-electron chi connectivity index (χ4n) is 1.99. The van der Waals surface area contributed by atoms with Gasteiger partial charge >= 0.3 is 0 Å². The molecule has 17 heavy (non-hydrogen) atoms. The van der Waals surface area contributed by atoms with Crippen LogP contribution in [0.25, 0.3) is 0 Å². The van der Waals surface area contributed by atoms with Crippen LogP contribution in [-0.2, 0) is 10.0 Å². The molecule has 0 saturated carbocycles. The zero-order valence-electron chi connectivity index (χ0n) is 9.80. The Balaban J connectivity index is 1.86. The van der Waals surface area contributed by atoms with Crippen LogP contribution in [0, 0.1) is 0 Å². The first-order valence-corrected chi connectivity index (χ1v) is 7.59. The van der Waals surface area contributed by atoms with Crippen LogP contribution in [0.4, 0.5) is 5.69 Å². The van der Waals surface area contributed by atoms with E-state index in [1.54, 1.807) is 12.1 Å². The van der Waals surface area contributed by atoms with Crippen LogP contribution in [0.2, 0.25) is 0 Å². The molecule has 2 rings (SSSR count). The molecule has 1 saturated heterocycles. The predicted octanol–water partition coefficient (Wildman–Crippen LogP) is 1.52. The Labute approximate surface area is 103 Å². The average Bonchev–Trinajstić information content (AvgIpc) is 2.80. The van der Waals surface area contributed by atoms with Crippen molar-refractivity contribution < 1.29 is 8.42 Å². The number of benzene rings is 1. The number of hydrogen-bond donors (Lipinski definition) is 1. The molecule has 94 valence electrons. The van der Waals surface area contributed by atoms with E-state index in [9.17, 15) is 8.42 Å². The minimum atomic E-state index is -3.21. The highest BCUT2D eigenvalue weighted by Gasteiger charge is 2.16. The number of rotatable bonds is 5. The lowest BCUT2D eigenvalue weighted by atomic mass is 10.3. The molecule has 1 fully saturated rings. The summed E-state index contributed by atoms with van der Waals surface area (Å²) in [5.74, 6) is 0.169. The van der Waals surface area contributed by atoms with Gasteiger partial charge in [0, 0.05) is 12.2 Å². The number of likely N-dealkylation sites (tertiary alicyclic amines) is 1. The molecular weight excluding hydrogens is 236 g/mol. The maximum Gasteiger partial charge on any atom is 0.233 e. The molecule has 1 aliphatic heterocycles. The molecule has 0 radical (unpaired) electrons. The largest absolute Gasteiger partial charge is 0.302 e. The van der Waals surface area contributed by atoms with Crippen molar-refractivity contribution in [1.82, 2.24) is 4.90 Å². The first-order chi connectivity index (χ1) is 8.16. The fourth-order valence-corrected chi connectivity index (χ4v) is 3.09. The zero-order chi connectivity index (χ0) is 12.1. The van der Waals surface area contributed by atoms with Crippen LogP contribution < -0.4 is 4.72 Å². The van der Waals surface area contributed by atoms with Gasteiger partial charge in [-0.2, -0.15) is 0 Å². The predicted molar refractivity (Wildman–Crippen MR) is 69.5 cm³/mol. The summed E-state index contributed by atoms with van der Waals surface area (Å²) in [6.45, 7) is 2.68. The molecule has 0 aliphatic carbocycles. The lowest BCUT2D eigenvalue weighted by molar-refractivity contribution is 0.359. The van der Waals surface area contributed by atoms with E-state index in [1.807, 2.05) is 18.2 Å². The van der Waals surface area contributed by atoms with Gasteiger partial charge < -0.3 is 4.90 Å². The molecule has 0 unspecified atom stereocenters. The van der Waals surface area contributed by atoms with Gasteiger partial charge in [-0.05, 0) is 38.1 Å². The molecule has 1 heterocycles. The summed E-state index contributed by atoms with van der Waals surface area (Å²) >= 11 is 0. The highest BCUT2D eigenvalue weighted by atomic mass is 32.2. The monoisotopic (exact) mass is 254 g/mol. The van der Waals surface area contributed by atoms with Crippen LogP contribution in [-0.4, -0.2) is 38.7 Å². The minimum Gasteiger partial charge on any atom is -0.302 e. The third kappa shape index (κ3) is 4.02. The Hall–Kier alpha value is -1.07. The van der Waals surface area contributed by atoms with E-state index in [2.05, 4.69) is 9.62 Å². The topological polar surface area (TPSA) is 49.4 Å². The Morgan fingerprint density at radius 2 is 1.76 bits per heavy atom. The van der Waals surface area contributed by atoms with Crippen LogP contribution in [0.1, 0.15) is 12.8 Å². The Morgan fingerprint density at radius 1 is 1.12 bits per heavy atom. The number of sulfonamides is 1. The Kier molecular flexibility index (Phi) is 4.02. The van der Waals surface area contributed by atoms with Gasteiger partial charge in [0.2, 0.25) is 10.0 Å². The summed E-state index contributed by atoms with van der Waals surface area (Å²) in [7, 11) is -3.21. The summed E-state index contributed by atoms with van der Waals surface area (Å²) in [5, 5.41) is 0. The second-order valence-corrected chi connectivity index (χ2v) is 6.18. The maximum atomic E-state index is 11.8. The highest BCUT2D eigenvalue weighted by Crippen LogP contribution is 2.10. The van der Waals surface area contributed by atoms with E-state index in [0.29, 0.717) is 12.2 Å². The third-order valence-electron chi connectivity index (χ3n) is 2.92. The molecule has 1 N–H and O–H groups in total. The first kappa shape index (κ1) is 12.4. The molecular formula is C12H18N2O2S. The number of anilines is 1. The van der Waals surface area contributed by atoms with Gasteiger partial charge in [-0.25, -0.2) is 8.42 Å². The molecule has 4 nitrogen and oxygen atoms in total. The van der Waals surface area contributed by atoms with Crippen LogP contribution in [0.3, 0.4) is 0 Å². The van der Waals surface area contributed by atoms with Crippen LogP contribution >= 0.6 is 0 Å². The van der Waals surface area contributed by atoms with Gasteiger partial charge in [0.05, 0.1) is 5.75 Å². The number of para-hydroxylation sites is 1. The van der Waals surface area contributed by atoms with E-state index < -0.39 is 10.0 Å². The lowest BCUT2D eigenvalue weighted by Gasteiger charge is -2.15. The van der Waals surface area contributed by atoms with Gasteiger partial charge in [0.25, 0.3) is 0 Å². The van der Waals surface area contributed by atoms with E-state index in [0.717, 1.165) is 13.1 Å². The average molecular weight is 254 g/mol. The smallest absolute Gasteiger partial charge is 0.233 e. The molecule has 0 bridgehead atoms. The second kappa shape index (κ2) is 5.51. The molecule has 1 aromatic carbocycles. The van der Waals surface area contributed by atoms with E-state index in [-0.39, 0.29) is 5.75 Å².